The minimum absolute atomic E-state index is 0.125. The summed E-state index contributed by atoms with van der Waals surface area (Å²) in [6.07, 6.45) is 3.63. The van der Waals surface area contributed by atoms with E-state index in [9.17, 15) is 4.79 Å². The average Bonchev–Trinajstić information content (AvgIpc) is 2.90. The first-order chi connectivity index (χ1) is 11.7. The van der Waals surface area contributed by atoms with Crippen LogP contribution in [0.25, 0.3) is 6.08 Å². The lowest BCUT2D eigenvalue weighted by Gasteiger charge is -2.22. The van der Waals surface area contributed by atoms with Crippen molar-refractivity contribution in [2.24, 2.45) is 0 Å². The normalized spacial score (nSPS) is 19.9. The summed E-state index contributed by atoms with van der Waals surface area (Å²) in [5.41, 5.74) is 2.44. The highest BCUT2D eigenvalue weighted by Crippen LogP contribution is 2.36. The fourth-order valence-corrected chi connectivity index (χ4v) is 2.87. The number of rotatable bonds is 2. The van der Waals surface area contributed by atoms with Gasteiger partial charge in [-0.25, -0.2) is 0 Å². The lowest BCUT2D eigenvalue weighted by Crippen LogP contribution is -2.18. The molecular weight excluding hydrogens is 304 g/mol. The molecule has 0 unspecified atom stereocenters. The van der Waals surface area contributed by atoms with Crippen molar-refractivity contribution in [1.29, 1.82) is 0 Å². The zero-order valence-electron chi connectivity index (χ0n) is 13.4. The van der Waals surface area contributed by atoms with Crippen molar-refractivity contribution in [2.75, 3.05) is 7.11 Å². The van der Waals surface area contributed by atoms with Crippen LogP contribution in [-0.4, -0.2) is 19.0 Å². The number of carbonyl (C=O) groups is 1. The maximum atomic E-state index is 12.5. The van der Waals surface area contributed by atoms with Crippen molar-refractivity contribution in [3.63, 3.8) is 0 Å². The van der Waals surface area contributed by atoms with Crippen LogP contribution in [0.2, 0.25) is 0 Å². The Kier molecular flexibility index (Phi) is 3.38. The van der Waals surface area contributed by atoms with Crippen LogP contribution < -0.4 is 14.2 Å². The molecule has 0 amide bonds. The maximum Gasteiger partial charge on any atom is 0.231 e. The predicted molar refractivity (Wildman–Crippen MR) is 90.5 cm³/mol. The Balaban J connectivity index is 1.70. The van der Waals surface area contributed by atoms with Gasteiger partial charge in [0.15, 0.2) is 5.76 Å². The van der Waals surface area contributed by atoms with Crippen LogP contribution in [0.15, 0.2) is 59.9 Å². The second kappa shape index (κ2) is 5.57. The van der Waals surface area contributed by atoms with Gasteiger partial charge in [0.1, 0.15) is 23.4 Å². The van der Waals surface area contributed by atoms with Crippen LogP contribution in [0.3, 0.4) is 0 Å². The van der Waals surface area contributed by atoms with Crippen LogP contribution >= 0.6 is 0 Å². The molecule has 4 rings (SSSR count). The highest BCUT2D eigenvalue weighted by Gasteiger charge is 2.29. The van der Waals surface area contributed by atoms with Gasteiger partial charge in [0.05, 0.1) is 12.7 Å². The maximum absolute atomic E-state index is 12.5. The first-order valence-corrected chi connectivity index (χ1v) is 7.75. The molecule has 0 aromatic heterocycles. The van der Waals surface area contributed by atoms with Crippen molar-refractivity contribution < 1.29 is 19.0 Å². The van der Waals surface area contributed by atoms with Crippen LogP contribution in [0, 0.1) is 0 Å². The number of ether oxygens (including phenoxy) is 3. The van der Waals surface area contributed by atoms with Crippen molar-refractivity contribution in [3.8, 4) is 17.2 Å². The Morgan fingerprint density at radius 2 is 1.96 bits per heavy atom. The van der Waals surface area contributed by atoms with Crippen molar-refractivity contribution >= 4 is 11.9 Å². The lowest BCUT2D eigenvalue weighted by molar-refractivity contribution is 0.101. The summed E-state index contributed by atoms with van der Waals surface area (Å²) in [7, 11) is 1.58. The second-order valence-electron chi connectivity index (χ2n) is 5.74. The predicted octanol–water partition coefficient (Wildman–Crippen LogP) is 4.02. The molecule has 0 saturated heterocycles. The zero-order chi connectivity index (χ0) is 16.7. The first kappa shape index (κ1) is 14.6. The fourth-order valence-electron chi connectivity index (χ4n) is 2.87. The number of fused-ring (bicyclic) bond motifs is 2. The quantitative estimate of drug-likeness (QED) is 0.784. The van der Waals surface area contributed by atoms with Gasteiger partial charge in [-0.05, 0) is 42.8 Å². The monoisotopic (exact) mass is 320 g/mol. The van der Waals surface area contributed by atoms with E-state index in [1.165, 1.54) is 0 Å². The molecule has 2 aromatic rings. The van der Waals surface area contributed by atoms with Crippen LogP contribution in [0.4, 0.5) is 0 Å². The largest absolute Gasteiger partial charge is 0.497 e. The lowest BCUT2D eigenvalue weighted by atomic mass is 10.0. The molecule has 0 bridgehead atoms. The molecule has 0 radical (unpaired) electrons. The van der Waals surface area contributed by atoms with Gasteiger partial charge >= 0.3 is 0 Å². The summed E-state index contributed by atoms with van der Waals surface area (Å²) in [6.45, 7) is 1.95. The van der Waals surface area contributed by atoms with Gasteiger partial charge in [-0.3, -0.25) is 4.79 Å². The number of Topliss-reactive ketones (excluding diaryl/α,β-unsaturated/α-hetero) is 1. The summed E-state index contributed by atoms with van der Waals surface area (Å²) >= 11 is 0. The molecule has 4 nitrogen and oxygen atoms in total. The van der Waals surface area contributed by atoms with Gasteiger partial charge in [-0.2, -0.15) is 0 Å². The van der Waals surface area contributed by atoms with E-state index in [0.717, 1.165) is 16.9 Å². The van der Waals surface area contributed by atoms with E-state index < -0.39 is 0 Å². The third-order valence-electron chi connectivity index (χ3n) is 4.19. The Labute approximate surface area is 140 Å². The topological polar surface area (TPSA) is 44.8 Å². The number of ketones is 1. The summed E-state index contributed by atoms with van der Waals surface area (Å²) in [5, 5.41) is 0. The number of hydrogen-bond donors (Lipinski definition) is 0. The van der Waals surface area contributed by atoms with Gasteiger partial charge in [0.25, 0.3) is 0 Å². The van der Waals surface area contributed by atoms with Gasteiger partial charge in [-0.1, -0.05) is 18.2 Å². The molecule has 0 spiro atoms. The molecular formula is C20H16O4. The summed E-state index contributed by atoms with van der Waals surface area (Å²) in [4.78, 5) is 12.5. The molecule has 120 valence electrons. The molecule has 0 aliphatic carbocycles. The highest BCUT2D eigenvalue weighted by molar-refractivity contribution is 6.12. The molecule has 24 heavy (non-hydrogen) atoms. The minimum Gasteiger partial charge on any atom is -0.497 e. The minimum atomic E-state index is -0.151. The molecule has 2 aliphatic rings. The van der Waals surface area contributed by atoms with Crippen molar-refractivity contribution in [3.05, 3.63) is 71.0 Å². The van der Waals surface area contributed by atoms with E-state index in [4.69, 9.17) is 14.2 Å². The Morgan fingerprint density at radius 3 is 2.79 bits per heavy atom. The van der Waals surface area contributed by atoms with Crippen molar-refractivity contribution in [1.82, 2.24) is 0 Å². The molecule has 2 aliphatic heterocycles. The summed E-state index contributed by atoms with van der Waals surface area (Å²) in [6, 6.07) is 13.0. The van der Waals surface area contributed by atoms with Gasteiger partial charge < -0.3 is 14.2 Å². The van der Waals surface area contributed by atoms with Gasteiger partial charge in [0, 0.05) is 11.6 Å². The molecule has 1 atom stereocenters. The number of methoxy groups -OCH3 is 1. The third kappa shape index (κ3) is 2.36. The molecule has 2 aromatic carbocycles. The molecule has 2 heterocycles. The second-order valence-corrected chi connectivity index (χ2v) is 5.74. The molecule has 0 fully saturated rings. The van der Waals surface area contributed by atoms with Gasteiger partial charge in [0.2, 0.25) is 5.78 Å². The Bertz CT molecular complexity index is 892. The van der Waals surface area contributed by atoms with Gasteiger partial charge in [-0.15, -0.1) is 0 Å². The molecule has 0 saturated carbocycles. The van der Waals surface area contributed by atoms with E-state index in [1.807, 2.05) is 37.3 Å². The van der Waals surface area contributed by atoms with Crippen LogP contribution in [0.5, 0.6) is 17.2 Å². The average molecular weight is 320 g/mol. The van der Waals surface area contributed by atoms with Crippen molar-refractivity contribution in [2.45, 2.75) is 13.0 Å². The fraction of sp³-hybridized carbons (Fsp3) is 0.150. The van der Waals surface area contributed by atoms with E-state index in [2.05, 4.69) is 0 Å². The van der Waals surface area contributed by atoms with E-state index in [0.29, 0.717) is 22.8 Å². The standard InChI is InChI=1S/C20H16O4/c1-12-14(9-13-5-3-4-6-17(13)23-12)10-19-20(21)16-8-7-15(22-2)11-18(16)24-19/h3-12H,1-2H3/b19-10+/t12-/m0/s1. The first-order valence-electron chi connectivity index (χ1n) is 7.75. The van der Waals surface area contributed by atoms with E-state index in [1.54, 1.807) is 31.4 Å². The molecule has 4 heteroatoms. The number of benzene rings is 2. The third-order valence-corrected chi connectivity index (χ3v) is 4.19. The van der Waals surface area contributed by atoms with E-state index >= 15 is 0 Å². The summed E-state index contributed by atoms with van der Waals surface area (Å²) < 4.78 is 16.8. The Hall–Kier alpha value is -3.01. The zero-order valence-corrected chi connectivity index (χ0v) is 13.4. The Morgan fingerprint density at radius 1 is 1.12 bits per heavy atom. The number of hydrogen-bond acceptors (Lipinski definition) is 4. The smallest absolute Gasteiger partial charge is 0.231 e. The van der Waals surface area contributed by atoms with Crippen LogP contribution in [-0.2, 0) is 0 Å². The van der Waals surface area contributed by atoms with E-state index in [-0.39, 0.29) is 11.9 Å². The number of para-hydroxylation sites is 1. The molecule has 0 N–H and O–H groups in total. The highest BCUT2D eigenvalue weighted by atomic mass is 16.5. The summed E-state index contributed by atoms with van der Waals surface area (Å²) in [5.74, 6) is 2.21. The SMILES string of the molecule is COc1ccc2c(c1)O/C(=C/C1=Cc3ccccc3O[C@H]1C)C2=O. The van der Waals surface area contributed by atoms with Crippen LogP contribution in [0.1, 0.15) is 22.8 Å². The number of carbonyl (C=O) groups excluding carboxylic acids is 1. The number of allylic oxidation sites excluding steroid dienone is 1.